The summed E-state index contributed by atoms with van der Waals surface area (Å²) in [5.74, 6) is -0.617. The van der Waals surface area contributed by atoms with Gasteiger partial charge in [0, 0.05) is 18.1 Å². The van der Waals surface area contributed by atoms with Crippen LogP contribution in [-0.2, 0) is 32.6 Å². The van der Waals surface area contributed by atoms with E-state index in [1.165, 1.54) is 17.0 Å². The maximum Gasteiger partial charge on any atom is 0.264 e. The number of carbonyl (C=O) groups is 2. The Labute approximate surface area is 236 Å². The maximum absolute atomic E-state index is 14.0. The quantitative estimate of drug-likeness (QED) is 0.321. The van der Waals surface area contributed by atoms with Crippen molar-refractivity contribution in [3.05, 3.63) is 95.0 Å². The van der Waals surface area contributed by atoms with E-state index >= 15 is 0 Å². The number of para-hydroxylation sites is 1. The molecule has 0 fully saturated rings. The zero-order valence-electron chi connectivity index (χ0n) is 22.8. The van der Waals surface area contributed by atoms with Crippen molar-refractivity contribution in [2.45, 2.75) is 51.6 Å². The van der Waals surface area contributed by atoms with Crippen LogP contribution in [0.25, 0.3) is 0 Å². The Hall–Kier alpha value is -3.36. The van der Waals surface area contributed by atoms with Crippen LogP contribution in [0, 0.1) is 5.92 Å². The van der Waals surface area contributed by atoms with Gasteiger partial charge in [0.2, 0.25) is 11.8 Å². The van der Waals surface area contributed by atoms with Crippen LogP contribution in [0.3, 0.4) is 0 Å². The molecule has 1 atom stereocenters. The first kappa shape index (κ1) is 30.2. The minimum atomic E-state index is -4.10. The molecule has 0 heterocycles. The Morgan fingerprint density at radius 3 is 2.08 bits per heavy atom. The van der Waals surface area contributed by atoms with Gasteiger partial charge in [-0.15, -0.1) is 0 Å². The van der Waals surface area contributed by atoms with E-state index in [4.69, 9.17) is 11.6 Å². The van der Waals surface area contributed by atoms with Gasteiger partial charge < -0.3 is 10.2 Å². The SMILES string of the molecule is CCc1ccccc1N(CC(=O)N(Cc1ccccc1Cl)[C@H](C)C(=O)NCC(C)C)S(=O)(=O)c1ccccc1. The van der Waals surface area contributed by atoms with Crippen LogP contribution in [0.2, 0.25) is 5.02 Å². The lowest BCUT2D eigenvalue weighted by Crippen LogP contribution is -2.51. The number of hydrogen-bond donors (Lipinski definition) is 1. The maximum atomic E-state index is 14.0. The van der Waals surface area contributed by atoms with E-state index in [0.717, 1.165) is 9.87 Å². The van der Waals surface area contributed by atoms with E-state index < -0.39 is 28.5 Å². The highest BCUT2D eigenvalue weighted by Gasteiger charge is 2.33. The fraction of sp³-hybridized carbons (Fsp3) is 0.333. The summed E-state index contributed by atoms with van der Waals surface area (Å²) in [6.45, 7) is 7.54. The summed E-state index contributed by atoms with van der Waals surface area (Å²) in [4.78, 5) is 28.5. The Kier molecular flexibility index (Phi) is 10.5. The van der Waals surface area contributed by atoms with Crippen molar-refractivity contribution in [1.29, 1.82) is 0 Å². The molecule has 7 nitrogen and oxygen atoms in total. The standard InChI is InChI=1S/C30H36ClN3O4S/c1-5-24-13-10-12-18-28(24)34(39(37,38)26-15-7-6-8-16-26)21-29(35)33(20-25-14-9-11-17-27(25)31)23(4)30(36)32-19-22(2)3/h6-18,22-23H,5,19-21H2,1-4H3,(H,32,36)/t23-/m1/s1. The van der Waals surface area contributed by atoms with Crippen molar-refractivity contribution in [3.63, 3.8) is 0 Å². The molecule has 0 aliphatic heterocycles. The molecule has 2 amide bonds. The molecule has 39 heavy (non-hydrogen) atoms. The fourth-order valence-corrected chi connectivity index (χ4v) is 5.80. The number of benzene rings is 3. The molecule has 0 aliphatic carbocycles. The predicted molar refractivity (Wildman–Crippen MR) is 156 cm³/mol. The van der Waals surface area contributed by atoms with Gasteiger partial charge in [0.25, 0.3) is 10.0 Å². The third-order valence-electron chi connectivity index (χ3n) is 6.40. The Morgan fingerprint density at radius 1 is 0.872 bits per heavy atom. The summed E-state index contributed by atoms with van der Waals surface area (Å²) in [7, 11) is -4.10. The summed E-state index contributed by atoms with van der Waals surface area (Å²) >= 11 is 6.41. The van der Waals surface area contributed by atoms with Gasteiger partial charge in [-0.2, -0.15) is 0 Å². The predicted octanol–water partition coefficient (Wildman–Crippen LogP) is 5.29. The highest BCUT2D eigenvalue weighted by molar-refractivity contribution is 7.92. The van der Waals surface area contributed by atoms with Crippen molar-refractivity contribution in [2.75, 3.05) is 17.4 Å². The zero-order chi connectivity index (χ0) is 28.6. The molecule has 3 aromatic rings. The van der Waals surface area contributed by atoms with E-state index in [-0.39, 0.29) is 23.3 Å². The molecule has 0 radical (unpaired) electrons. The molecule has 9 heteroatoms. The fourth-order valence-electron chi connectivity index (χ4n) is 4.13. The lowest BCUT2D eigenvalue weighted by molar-refractivity contribution is -0.139. The van der Waals surface area contributed by atoms with E-state index in [0.29, 0.717) is 29.2 Å². The molecule has 0 saturated carbocycles. The second-order valence-electron chi connectivity index (χ2n) is 9.74. The number of sulfonamides is 1. The average Bonchev–Trinajstić information content (AvgIpc) is 2.94. The zero-order valence-corrected chi connectivity index (χ0v) is 24.4. The first-order valence-corrected chi connectivity index (χ1v) is 14.8. The molecular formula is C30H36ClN3O4S. The van der Waals surface area contributed by atoms with Crippen LogP contribution in [0.5, 0.6) is 0 Å². The number of rotatable bonds is 12. The molecular weight excluding hydrogens is 534 g/mol. The number of nitrogens with one attached hydrogen (secondary N) is 1. The van der Waals surface area contributed by atoms with Crippen LogP contribution in [0.4, 0.5) is 5.69 Å². The molecule has 3 rings (SSSR count). The molecule has 0 saturated heterocycles. The first-order valence-electron chi connectivity index (χ1n) is 13.0. The lowest BCUT2D eigenvalue weighted by Gasteiger charge is -2.32. The number of halogens is 1. The smallest absolute Gasteiger partial charge is 0.264 e. The molecule has 0 bridgehead atoms. The number of aryl methyl sites for hydroxylation is 1. The summed E-state index contributed by atoms with van der Waals surface area (Å²) in [6, 6.07) is 21.4. The second-order valence-corrected chi connectivity index (χ2v) is 12.0. The topological polar surface area (TPSA) is 86.8 Å². The van der Waals surface area contributed by atoms with E-state index in [1.54, 1.807) is 61.5 Å². The molecule has 0 aromatic heterocycles. The number of nitrogens with zero attached hydrogens (tertiary/aromatic N) is 2. The normalized spacial score (nSPS) is 12.2. The van der Waals surface area contributed by atoms with Crippen molar-refractivity contribution < 1.29 is 18.0 Å². The van der Waals surface area contributed by atoms with Crippen molar-refractivity contribution in [1.82, 2.24) is 10.2 Å². The Balaban J connectivity index is 2.05. The van der Waals surface area contributed by atoms with E-state index in [9.17, 15) is 18.0 Å². The van der Waals surface area contributed by atoms with Crippen LogP contribution in [0.1, 0.15) is 38.8 Å². The first-order chi connectivity index (χ1) is 18.6. The lowest BCUT2D eigenvalue weighted by atomic mass is 10.1. The highest BCUT2D eigenvalue weighted by atomic mass is 35.5. The van der Waals surface area contributed by atoms with Crippen LogP contribution in [-0.4, -0.2) is 44.3 Å². The Bertz CT molecular complexity index is 1380. The minimum Gasteiger partial charge on any atom is -0.354 e. The van der Waals surface area contributed by atoms with E-state index in [1.807, 2.05) is 32.9 Å². The monoisotopic (exact) mass is 569 g/mol. The minimum absolute atomic E-state index is 0.0451. The number of carbonyl (C=O) groups excluding carboxylic acids is 2. The average molecular weight is 570 g/mol. The van der Waals surface area contributed by atoms with Crippen LogP contribution < -0.4 is 9.62 Å². The van der Waals surface area contributed by atoms with Gasteiger partial charge in [-0.25, -0.2) is 8.42 Å². The Morgan fingerprint density at radius 2 is 1.46 bits per heavy atom. The number of amides is 2. The third-order valence-corrected chi connectivity index (χ3v) is 8.54. The van der Waals surface area contributed by atoms with Crippen molar-refractivity contribution in [3.8, 4) is 0 Å². The van der Waals surface area contributed by atoms with Gasteiger partial charge in [-0.3, -0.25) is 13.9 Å². The van der Waals surface area contributed by atoms with Gasteiger partial charge in [-0.1, -0.05) is 87.0 Å². The van der Waals surface area contributed by atoms with E-state index in [2.05, 4.69) is 5.32 Å². The molecule has 0 unspecified atom stereocenters. The van der Waals surface area contributed by atoms with Crippen molar-refractivity contribution in [2.24, 2.45) is 5.92 Å². The van der Waals surface area contributed by atoms with Crippen LogP contribution >= 0.6 is 11.6 Å². The van der Waals surface area contributed by atoms with Crippen LogP contribution in [0.15, 0.2) is 83.8 Å². The summed E-state index contributed by atoms with van der Waals surface area (Å²) in [6.07, 6.45) is 0.572. The number of anilines is 1. The van der Waals surface area contributed by atoms with Gasteiger partial charge in [-0.05, 0) is 54.7 Å². The summed E-state index contributed by atoms with van der Waals surface area (Å²) < 4.78 is 29.0. The molecule has 3 aromatic carbocycles. The van der Waals surface area contributed by atoms with Gasteiger partial charge in [0.1, 0.15) is 12.6 Å². The van der Waals surface area contributed by atoms with Gasteiger partial charge >= 0.3 is 0 Å². The highest BCUT2D eigenvalue weighted by Crippen LogP contribution is 2.28. The summed E-state index contributed by atoms with van der Waals surface area (Å²) in [5, 5.41) is 3.33. The molecule has 0 spiro atoms. The van der Waals surface area contributed by atoms with Gasteiger partial charge in [0.15, 0.2) is 0 Å². The molecule has 0 aliphatic rings. The summed E-state index contributed by atoms with van der Waals surface area (Å²) in [5.41, 5.74) is 1.86. The molecule has 208 valence electrons. The third kappa shape index (κ3) is 7.61. The largest absolute Gasteiger partial charge is 0.354 e. The van der Waals surface area contributed by atoms with Crippen molar-refractivity contribution >= 4 is 39.1 Å². The molecule has 1 N–H and O–H groups in total. The second kappa shape index (κ2) is 13.6. The van der Waals surface area contributed by atoms with Gasteiger partial charge in [0.05, 0.1) is 10.6 Å². The number of hydrogen-bond acceptors (Lipinski definition) is 4.